The van der Waals surface area contributed by atoms with Gasteiger partial charge in [0, 0.05) is 13.1 Å². The van der Waals surface area contributed by atoms with Crippen molar-refractivity contribution < 1.29 is 9.47 Å². The summed E-state index contributed by atoms with van der Waals surface area (Å²) in [5.41, 5.74) is 0. The number of nitrogens with one attached hydrogen (secondary N) is 1. The Balaban J connectivity index is 1.75. The number of pyridine rings is 1. The molecule has 2 rings (SSSR count). The van der Waals surface area contributed by atoms with Gasteiger partial charge in [-0.05, 0) is 18.2 Å². The van der Waals surface area contributed by atoms with Crippen molar-refractivity contribution in [3.63, 3.8) is 0 Å². The summed E-state index contributed by atoms with van der Waals surface area (Å²) < 4.78 is 11.0. The molecule has 1 aromatic heterocycles. The summed E-state index contributed by atoms with van der Waals surface area (Å²) in [5, 5.41) is 2.96. The molecule has 1 heterocycles. The lowest BCUT2D eigenvalue weighted by Crippen LogP contribution is -2.09. The third kappa shape index (κ3) is 3.66. The van der Waals surface area contributed by atoms with Gasteiger partial charge in [0.25, 0.3) is 0 Å². The van der Waals surface area contributed by atoms with Crippen molar-refractivity contribution in [1.29, 1.82) is 0 Å². The molecule has 0 saturated carbocycles. The zero-order chi connectivity index (χ0) is 12.6. The number of anilines is 1. The standard InChI is InChI=1S/C14H16N2O2/c1-15-13-8-5-9-14(16-13)18-11-10-17-12-6-3-2-4-7-12/h2-9H,10-11H2,1H3,(H,15,16). The van der Waals surface area contributed by atoms with Crippen LogP contribution in [0.3, 0.4) is 0 Å². The van der Waals surface area contributed by atoms with E-state index in [4.69, 9.17) is 9.47 Å². The molecule has 1 N–H and O–H groups in total. The first-order valence-electron chi connectivity index (χ1n) is 5.84. The van der Waals surface area contributed by atoms with Gasteiger partial charge in [-0.3, -0.25) is 0 Å². The van der Waals surface area contributed by atoms with E-state index in [0.29, 0.717) is 19.1 Å². The van der Waals surface area contributed by atoms with Crippen LogP contribution >= 0.6 is 0 Å². The number of ether oxygens (including phenoxy) is 2. The van der Waals surface area contributed by atoms with Gasteiger partial charge in [0.1, 0.15) is 24.8 Å². The van der Waals surface area contributed by atoms with Gasteiger partial charge in [0.05, 0.1) is 0 Å². The number of hydrogen-bond donors (Lipinski definition) is 1. The van der Waals surface area contributed by atoms with Gasteiger partial charge in [-0.1, -0.05) is 24.3 Å². The van der Waals surface area contributed by atoms with E-state index in [1.807, 2.05) is 55.6 Å². The van der Waals surface area contributed by atoms with Crippen LogP contribution in [0.15, 0.2) is 48.5 Å². The quantitative estimate of drug-likeness (QED) is 0.793. The zero-order valence-corrected chi connectivity index (χ0v) is 10.3. The van der Waals surface area contributed by atoms with Crippen molar-refractivity contribution in [3.8, 4) is 11.6 Å². The van der Waals surface area contributed by atoms with Crippen LogP contribution < -0.4 is 14.8 Å². The topological polar surface area (TPSA) is 43.4 Å². The summed E-state index contributed by atoms with van der Waals surface area (Å²) in [6.45, 7) is 0.963. The van der Waals surface area contributed by atoms with Crippen molar-refractivity contribution in [2.45, 2.75) is 0 Å². The van der Waals surface area contributed by atoms with E-state index in [1.54, 1.807) is 0 Å². The Morgan fingerprint density at radius 1 is 0.944 bits per heavy atom. The third-order valence-electron chi connectivity index (χ3n) is 2.32. The molecule has 0 fully saturated rings. The summed E-state index contributed by atoms with van der Waals surface area (Å²) in [7, 11) is 1.82. The first-order chi connectivity index (χ1) is 8.88. The molecular weight excluding hydrogens is 228 g/mol. The van der Waals surface area contributed by atoms with Crippen LogP contribution in [-0.2, 0) is 0 Å². The second-order valence-electron chi connectivity index (χ2n) is 3.62. The highest BCUT2D eigenvalue weighted by Crippen LogP contribution is 2.11. The zero-order valence-electron chi connectivity index (χ0n) is 10.3. The van der Waals surface area contributed by atoms with Crippen LogP contribution in [-0.4, -0.2) is 25.2 Å². The Bertz CT molecular complexity index is 474. The van der Waals surface area contributed by atoms with Crippen molar-refractivity contribution in [2.24, 2.45) is 0 Å². The van der Waals surface area contributed by atoms with E-state index < -0.39 is 0 Å². The van der Waals surface area contributed by atoms with Gasteiger partial charge < -0.3 is 14.8 Å². The van der Waals surface area contributed by atoms with Crippen LogP contribution in [0.4, 0.5) is 5.82 Å². The molecule has 0 atom stereocenters. The number of nitrogens with zero attached hydrogens (tertiary/aromatic N) is 1. The lowest BCUT2D eigenvalue weighted by atomic mass is 10.3. The monoisotopic (exact) mass is 244 g/mol. The molecule has 0 saturated heterocycles. The largest absolute Gasteiger partial charge is 0.490 e. The molecule has 4 heteroatoms. The van der Waals surface area contributed by atoms with Gasteiger partial charge >= 0.3 is 0 Å². The molecule has 0 unspecified atom stereocenters. The van der Waals surface area contributed by atoms with Crippen LogP contribution in [0.25, 0.3) is 0 Å². The lowest BCUT2D eigenvalue weighted by molar-refractivity contribution is 0.212. The Morgan fingerprint density at radius 2 is 1.72 bits per heavy atom. The van der Waals surface area contributed by atoms with Crippen LogP contribution in [0, 0.1) is 0 Å². The summed E-state index contributed by atoms with van der Waals surface area (Å²) in [6, 6.07) is 15.3. The van der Waals surface area contributed by atoms with Gasteiger partial charge in [-0.2, -0.15) is 4.98 Å². The average Bonchev–Trinajstić information content (AvgIpc) is 2.45. The molecule has 2 aromatic rings. The molecule has 0 radical (unpaired) electrons. The first kappa shape index (κ1) is 12.2. The fourth-order valence-electron chi connectivity index (χ4n) is 1.46. The second-order valence-corrected chi connectivity index (χ2v) is 3.62. The van der Waals surface area contributed by atoms with Crippen molar-refractivity contribution in [2.75, 3.05) is 25.6 Å². The summed E-state index contributed by atoms with van der Waals surface area (Å²) >= 11 is 0. The van der Waals surface area contributed by atoms with Gasteiger partial charge in [-0.15, -0.1) is 0 Å². The fourth-order valence-corrected chi connectivity index (χ4v) is 1.46. The average molecular weight is 244 g/mol. The number of benzene rings is 1. The Hall–Kier alpha value is -2.23. The van der Waals surface area contributed by atoms with E-state index in [1.165, 1.54) is 0 Å². The second kappa shape index (κ2) is 6.49. The highest BCUT2D eigenvalue weighted by atomic mass is 16.5. The highest BCUT2D eigenvalue weighted by Gasteiger charge is 1.97. The highest BCUT2D eigenvalue weighted by molar-refractivity contribution is 5.35. The molecule has 0 bridgehead atoms. The van der Waals surface area contributed by atoms with E-state index in [0.717, 1.165) is 11.6 Å². The Labute approximate surface area is 107 Å². The molecule has 1 aromatic carbocycles. The minimum absolute atomic E-state index is 0.467. The Morgan fingerprint density at radius 3 is 2.50 bits per heavy atom. The predicted octanol–water partition coefficient (Wildman–Crippen LogP) is 2.58. The summed E-state index contributed by atoms with van der Waals surface area (Å²) in [4.78, 5) is 4.25. The van der Waals surface area contributed by atoms with Crippen molar-refractivity contribution in [1.82, 2.24) is 4.98 Å². The number of rotatable bonds is 6. The first-order valence-corrected chi connectivity index (χ1v) is 5.84. The maximum absolute atomic E-state index is 5.52. The van der Waals surface area contributed by atoms with Crippen LogP contribution in [0.2, 0.25) is 0 Å². The summed E-state index contributed by atoms with van der Waals surface area (Å²) in [6.07, 6.45) is 0. The minimum atomic E-state index is 0.467. The van der Waals surface area contributed by atoms with E-state index >= 15 is 0 Å². The molecule has 0 spiro atoms. The van der Waals surface area contributed by atoms with Gasteiger partial charge in [0.2, 0.25) is 5.88 Å². The fraction of sp³-hybridized carbons (Fsp3) is 0.214. The van der Waals surface area contributed by atoms with Gasteiger partial charge in [0.15, 0.2) is 0 Å². The number of para-hydroxylation sites is 1. The molecule has 94 valence electrons. The number of hydrogen-bond acceptors (Lipinski definition) is 4. The normalized spacial score (nSPS) is 9.83. The lowest BCUT2D eigenvalue weighted by Gasteiger charge is -2.08. The molecule has 0 aliphatic heterocycles. The summed E-state index contributed by atoms with van der Waals surface area (Å²) in [5.74, 6) is 2.23. The van der Waals surface area contributed by atoms with Crippen LogP contribution in [0.1, 0.15) is 0 Å². The third-order valence-corrected chi connectivity index (χ3v) is 2.32. The van der Waals surface area contributed by atoms with E-state index in [9.17, 15) is 0 Å². The van der Waals surface area contributed by atoms with Crippen LogP contribution in [0.5, 0.6) is 11.6 Å². The van der Waals surface area contributed by atoms with E-state index in [2.05, 4.69) is 10.3 Å². The molecule has 0 aliphatic rings. The maximum Gasteiger partial charge on any atom is 0.215 e. The molecular formula is C14H16N2O2. The predicted molar refractivity (Wildman–Crippen MR) is 71.2 cm³/mol. The number of aromatic nitrogens is 1. The Kier molecular flexibility index (Phi) is 4.41. The van der Waals surface area contributed by atoms with Gasteiger partial charge in [-0.25, -0.2) is 0 Å². The molecule has 4 nitrogen and oxygen atoms in total. The minimum Gasteiger partial charge on any atom is -0.490 e. The smallest absolute Gasteiger partial charge is 0.215 e. The van der Waals surface area contributed by atoms with Crippen molar-refractivity contribution >= 4 is 5.82 Å². The molecule has 0 amide bonds. The maximum atomic E-state index is 5.52. The van der Waals surface area contributed by atoms with Crippen molar-refractivity contribution in [3.05, 3.63) is 48.5 Å². The molecule has 18 heavy (non-hydrogen) atoms. The van der Waals surface area contributed by atoms with E-state index in [-0.39, 0.29) is 0 Å². The molecule has 0 aliphatic carbocycles. The SMILES string of the molecule is CNc1cccc(OCCOc2ccccc2)n1.